The van der Waals surface area contributed by atoms with Crippen molar-refractivity contribution in [2.24, 2.45) is 0 Å². The molecule has 0 aliphatic heterocycles. The summed E-state index contributed by atoms with van der Waals surface area (Å²) < 4.78 is 0. The van der Waals surface area contributed by atoms with Gasteiger partial charge in [-0.05, 0) is 41.0 Å². The first-order valence-corrected chi connectivity index (χ1v) is 10.6. The summed E-state index contributed by atoms with van der Waals surface area (Å²) in [6, 6.07) is 29.4. The lowest BCUT2D eigenvalue weighted by atomic mass is 9.88. The van der Waals surface area contributed by atoms with Gasteiger partial charge in [0, 0.05) is 18.9 Å². The highest BCUT2D eigenvalue weighted by Crippen LogP contribution is 2.27. The van der Waals surface area contributed by atoms with Gasteiger partial charge in [-0.15, -0.1) is 0 Å². The zero-order valence-electron chi connectivity index (χ0n) is 17.5. The van der Waals surface area contributed by atoms with Crippen LogP contribution in [0.5, 0.6) is 0 Å². The van der Waals surface area contributed by atoms with Crippen LogP contribution in [0.4, 0.5) is 0 Å². The molecule has 0 aromatic heterocycles. The largest absolute Gasteiger partial charge is 0.356 e. The fourth-order valence-electron chi connectivity index (χ4n) is 3.65. The van der Waals surface area contributed by atoms with Crippen molar-refractivity contribution in [1.82, 2.24) is 5.32 Å². The highest BCUT2D eigenvalue weighted by Gasteiger charge is 2.17. The standard InChI is InChI=1S/C27H31NO/c1-21(2)23-17-15-22(16-18-23)10-9-19-28-27(29)20-26(24-11-5-3-6-12-24)25-13-7-4-8-14-25/h3-8,11-18,21,26H,9-10,19-20H2,1-2H3,(H,28,29). The van der Waals surface area contributed by atoms with E-state index in [0.29, 0.717) is 18.9 Å². The average Bonchev–Trinajstić information content (AvgIpc) is 2.76. The third kappa shape index (κ3) is 6.32. The number of nitrogens with one attached hydrogen (secondary N) is 1. The Balaban J connectivity index is 1.51. The topological polar surface area (TPSA) is 29.1 Å². The molecule has 3 aromatic carbocycles. The van der Waals surface area contributed by atoms with Gasteiger partial charge in [-0.2, -0.15) is 0 Å². The predicted octanol–water partition coefficient (Wildman–Crippen LogP) is 6.08. The predicted molar refractivity (Wildman–Crippen MR) is 121 cm³/mol. The number of carbonyl (C=O) groups is 1. The summed E-state index contributed by atoms with van der Waals surface area (Å²) >= 11 is 0. The van der Waals surface area contributed by atoms with E-state index < -0.39 is 0 Å². The molecule has 0 saturated carbocycles. The van der Waals surface area contributed by atoms with E-state index in [0.717, 1.165) is 12.8 Å². The SMILES string of the molecule is CC(C)c1ccc(CCCNC(=O)CC(c2ccccc2)c2ccccc2)cc1. The third-order valence-corrected chi connectivity index (χ3v) is 5.40. The van der Waals surface area contributed by atoms with Gasteiger partial charge < -0.3 is 5.32 Å². The molecule has 0 aliphatic rings. The molecular formula is C27H31NO. The quantitative estimate of drug-likeness (QED) is 0.444. The van der Waals surface area contributed by atoms with E-state index in [9.17, 15) is 4.79 Å². The van der Waals surface area contributed by atoms with Gasteiger partial charge in [0.1, 0.15) is 0 Å². The van der Waals surface area contributed by atoms with Crippen LogP contribution in [0, 0.1) is 0 Å². The minimum atomic E-state index is 0.0842. The van der Waals surface area contributed by atoms with Crippen LogP contribution in [0.25, 0.3) is 0 Å². The number of hydrogen-bond acceptors (Lipinski definition) is 1. The van der Waals surface area contributed by atoms with Crippen molar-refractivity contribution in [1.29, 1.82) is 0 Å². The monoisotopic (exact) mass is 385 g/mol. The van der Waals surface area contributed by atoms with Crippen LogP contribution in [0.1, 0.15) is 60.8 Å². The molecule has 29 heavy (non-hydrogen) atoms. The van der Waals surface area contributed by atoms with E-state index in [-0.39, 0.29) is 11.8 Å². The van der Waals surface area contributed by atoms with Crippen molar-refractivity contribution in [2.75, 3.05) is 6.54 Å². The van der Waals surface area contributed by atoms with E-state index in [1.165, 1.54) is 22.3 Å². The molecule has 2 nitrogen and oxygen atoms in total. The summed E-state index contributed by atoms with van der Waals surface area (Å²) in [7, 11) is 0. The van der Waals surface area contributed by atoms with Crippen molar-refractivity contribution in [2.45, 2.75) is 44.9 Å². The lowest BCUT2D eigenvalue weighted by Gasteiger charge is -2.18. The summed E-state index contributed by atoms with van der Waals surface area (Å²) in [5, 5.41) is 3.11. The first kappa shape index (κ1) is 20.9. The highest BCUT2D eigenvalue weighted by atomic mass is 16.1. The third-order valence-electron chi connectivity index (χ3n) is 5.40. The Bertz CT molecular complexity index is 830. The Morgan fingerprint density at radius 2 is 1.31 bits per heavy atom. The van der Waals surface area contributed by atoms with Crippen LogP contribution in [-0.4, -0.2) is 12.5 Å². The van der Waals surface area contributed by atoms with Crippen molar-refractivity contribution in [3.8, 4) is 0 Å². The smallest absolute Gasteiger partial charge is 0.220 e. The number of hydrogen-bond donors (Lipinski definition) is 1. The maximum atomic E-state index is 12.6. The van der Waals surface area contributed by atoms with Gasteiger partial charge >= 0.3 is 0 Å². The first-order chi connectivity index (χ1) is 14.1. The molecule has 0 heterocycles. The van der Waals surface area contributed by atoms with Gasteiger partial charge in [0.25, 0.3) is 0 Å². The zero-order valence-corrected chi connectivity index (χ0v) is 17.5. The highest BCUT2D eigenvalue weighted by molar-refractivity contribution is 5.77. The summed E-state index contributed by atoms with van der Waals surface area (Å²) in [6.45, 7) is 5.13. The normalized spacial score (nSPS) is 11.0. The van der Waals surface area contributed by atoms with Gasteiger partial charge in [0.2, 0.25) is 5.91 Å². The van der Waals surface area contributed by atoms with Gasteiger partial charge in [0.15, 0.2) is 0 Å². The maximum absolute atomic E-state index is 12.6. The molecule has 0 spiro atoms. The van der Waals surface area contributed by atoms with Crippen molar-refractivity contribution < 1.29 is 4.79 Å². The van der Waals surface area contributed by atoms with Crippen LogP contribution in [0.15, 0.2) is 84.9 Å². The summed E-state index contributed by atoms with van der Waals surface area (Å²) in [5.41, 5.74) is 5.06. The molecule has 3 aromatic rings. The number of aryl methyl sites for hydroxylation is 1. The number of carbonyl (C=O) groups excluding carboxylic acids is 1. The Hall–Kier alpha value is -2.87. The van der Waals surface area contributed by atoms with Crippen LogP contribution < -0.4 is 5.32 Å². The first-order valence-electron chi connectivity index (χ1n) is 10.6. The molecule has 0 unspecified atom stereocenters. The lowest BCUT2D eigenvalue weighted by molar-refractivity contribution is -0.121. The second-order valence-corrected chi connectivity index (χ2v) is 7.93. The van der Waals surface area contributed by atoms with Crippen molar-refractivity contribution in [3.05, 3.63) is 107 Å². The molecule has 0 fully saturated rings. The molecular weight excluding hydrogens is 354 g/mol. The van der Waals surface area contributed by atoms with Gasteiger partial charge in [-0.1, -0.05) is 98.8 Å². The number of rotatable bonds is 9. The molecule has 1 amide bonds. The van der Waals surface area contributed by atoms with Crippen LogP contribution in [-0.2, 0) is 11.2 Å². The Morgan fingerprint density at radius 3 is 1.83 bits per heavy atom. The molecule has 0 atom stereocenters. The van der Waals surface area contributed by atoms with E-state index in [1.54, 1.807) is 0 Å². The second-order valence-electron chi connectivity index (χ2n) is 7.93. The van der Waals surface area contributed by atoms with E-state index >= 15 is 0 Å². The molecule has 150 valence electrons. The van der Waals surface area contributed by atoms with E-state index in [1.807, 2.05) is 36.4 Å². The Kier molecular flexibility index (Phi) is 7.63. The summed E-state index contributed by atoms with van der Waals surface area (Å²) in [5.74, 6) is 0.754. The Morgan fingerprint density at radius 1 is 0.759 bits per heavy atom. The van der Waals surface area contributed by atoms with Gasteiger partial charge in [-0.3, -0.25) is 4.79 Å². The maximum Gasteiger partial charge on any atom is 0.220 e. The van der Waals surface area contributed by atoms with E-state index in [2.05, 4.69) is 67.7 Å². The minimum Gasteiger partial charge on any atom is -0.356 e. The molecule has 0 saturated heterocycles. The number of amides is 1. The number of benzene rings is 3. The van der Waals surface area contributed by atoms with Crippen LogP contribution in [0.3, 0.4) is 0 Å². The van der Waals surface area contributed by atoms with Gasteiger partial charge in [0.05, 0.1) is 0 Å². The summed E-state index contributed by atoms with van der Waals surface area (Å²) in [4.78, 5) is 12.6. The molecule has 0 bridgehead atoms. The molecule has 2 heteroatoms. The fraction of sp³-hybridized carbons (Fsp3) is 0.296. The van der Waals surface area contributed by atoms with Crippen LogP contribution >= 0.6 is 0 Å². The minimum absolute atomic E-state index is 0.0842. The molecule has 0 radical (unpaired) electrons. The van der Waals surface area contributed by atoms with Crippen LogP contribution in [0.2, 0.25) is 0 Å². The van der Waals surface area contributed by atoms with Gasteiger partial charge in [-0.25, -0.2) is 0 Å². The molecule has 1 N–H and O–H groups in total. The van der Waals surface area contributed by atoms with Crippen molar-refractivity contribution >= 4 is 5.91 Å². The molecule has 0 aliphatic carbocycles. The molecule has 3 rings (SSSR count). The zero-order chi connectivity index (χ0) is 20.5. The Labute approximate surface area is 175 Å². The fourth-order valence-corrected chi connectivity index (χ4v) is 3.65. The average molecular weight is 386 g/mol. The van der Waals surface area contributed by atoms with Crippen molar-refractivity contribution in [3.63, 3.8) is 0 Å². The lowest BCUT2D eigenvalue weighted by Crippen LogP contribution is -2.26. The summed E-state index contributed by atoms with van der Waals surface area (Å²) in [6.07, 6.45) is 2.41. The van der Waals surface area contributed by atoms with E-state index in [4.69, 9.17) is 0 Å². The second kappa shape index (κ2) is 10.6.